The zero-order valence-corrected chi connectivity index (χ0v) is 15.8. The standard InChI is InChI=1S/C26H19NO2/c28-25-26(22-15-5-2-6-16-22,27-24(29-25)20-11-3-1-4-12-20)18-21-14-9-13-19-10-7-8-17-23(19)21/h1-17H,18H2/t26-/m1/s1. The number of hydrogen-bond donors (Lipinski definition) is 0. The van der Waals surface area contributed by atoms with Crippen LogP contribution in [-0.4, -0.2) is 11.9 Å². The minimum Gasteiger partial charge on any atom is -0.405 e. The molecule has 0 amide bonds. The lowest BCUT2D eigenvalue weighted by molar-refractivity contribution is -0.139. The fraction of sp³-hybridized carbons (Fsp3) is 0.0769. The topological polar surface area (TPSA) is 38.7 Å². The zero-order valence-electron chi connectivity index (χ0n) is 15.8. The summed E-state index contributed by atoms with van der Waals surface area (Å²) in [4.78, 5) is 18.2. The molecule has 1 aliphatic heterocycles. The number of fused-ring (bicyclic) bond motifs is 1. The minimum absolute atomic E-state index is 0.338. The molecule has 0 spiro atoms. The molecule has 0 aliphatic carbocycles. The molecule has 3 heteroatoms. The maximum absolute atomic E-state index is 13.3. The normalized spacial score (nSPS) is 18.5. The largest absolute Gasteiger partial charge is 0.405 e. The SMILES string of the molecule is O=C1OC(c2ccccc2)=N[C@]1(Cc1cccc2ccccc12)c1ccccc1. The van der Waals surface area contributed by atoms with Gasteiger partial charge in [0.1, 0.15) is 0 Å². The van der Waals surface area contributed by atoms with Gasteiger partial charge in [-0.05, 0) is 34.0 Å². The number of ether oxygens (including phenoxy) is 1. The van der Waals surface area contributed by atoms with Gasteiger partial charge in [-0.1, -0.05) is 91.0 Å². The average molecular weight is 377 g/mol. The van der Waals surface area contributed by atoms with E-state index in [2.05, 4.69) is 24.3 Å². The monoisotopic (exact) mass is 377 g/mol. The maximum atomic E-state index is 13.3. The summed E-state index contributed by atoms with van der Waals surface area (Å²) in [6, 6.07) is 33.7. The van der Waals surface area contributed by atoms with Crippen molar-refractivity contribution in [2.45, 2.75) is 12.0 Å². The molecule has 1 aliphatic rings. The predicted octanol–water partition coefficient (Wildman–Crippen LogP) is 5.28. The number of benzene rings is 4. The molecule has 1 heterocycles. The molecule has 0 saturated carbocycles. The van der Waals surface area contributed by atoms with E-state index in [4.69, 9.17) is 9.73 Å². The summed E-state index contributed by atoms with van der Waals surface area (Å²) in [7, 11) is 0. The predicted molar refractivity (Wildman–Crippen MR) is 115 cm³/mol. The van der Waals surface area contributed by atoms with Crippen molar-refractivity contribution < 1.29 is 9.53 Å². The van der Waals surface area contributed by atoms with Crippen LogP contribution in [0.2, 0.25) is 0 Å². The molecule has 4 aromatic carbocycles. The Kier molecular flexibility index (Phi) is 4.21. The highest BCUT2D eigenvalue weighted by molar-refractivity contribution is 6.08. The molecule has 0 bridgehead atoms. The molecule has 5 rings (SSSR count). The Balaban J connectivity index is 1.68. The van der Waals surface area contributed by atoms with Gasteiger partial charge in [0.05, 0.1) is 0 Å². The Labute approximate surface area is 169 Å². The smallest absolute Gasteiger partial charge is 0.345 e. The van der Waals surface area contributed by atoms with Gasteiger partial charge in [-0.3, -0.25) is 0 Å². The van der Waals surface area contributed by atoms with Crippen LogP contribution in [0.5, 0.6) is 0 Å². The lowest BCUT2D eigenvalue weighted by Crippen LogP contribution is -2.33. The Bertz CT molecular complexity index is 1210. The highest BCUT2D eigenvalue weighted by Gasteiger charge is 2.48. The molecule has 29 heavy (non-hydrogen) atoms. The van der Waals surface area contributed by atoms with Crippen LogP contribution >= 0.6 is 0 Å². The van der Waals surface area contributed by atoms with E-state index in [1.165, 1.54) is 0 Å². The third-order valence-electron chi connectivity index (χ3n) is 5.42. The lowest BCUT2D eigenvalue weighted by atomic mass is 9.83. The molecule has 140 valence electrons. The van der Waals surface area contributed by atoms with Crippen LogP contribution in [0.4, 0.5) is 0 Å². The van der Waals surface area contributed by atoms with Crippen molar-refractivity contribution in [2.24, 2.45) is 4.99 Å². The Hall–Kier alpha value is -3.72. The zero-order chi connectivity index (χ0) is 19.7. The van der Waals surface area contributed by atoms with E-state index in [0.717, 1.165) is 27.5 Å². The molecular formula is C26H19NO2. The molecule has 0 aromatic heterocycles. The van der Waals surface area contributed by atoms with Crippen molar-refractivity contribution in [3.8, 4) is 0 Å². The molecule has 0 fully saturated rings. The summed E-state index contributed by atoms with van der Waals surface area (Å²) in [5, 5.41) is 2.27. The summed E-state index contributed by atoms with van der Waals surface area (Å²) < 4.78 is 5.71. The van der Waals surface area contributed by atoms with Crippen molar-refractivity contribution in [2.75, 3.05) is 0 Å². The van der Waals surface area contributed by atoms with Crippen molar-refractivity contribution >= 4 is 22.6 Å². The molecule has 3 nitrogen and oxygen atoms in total. The lowest BCUT2D eigenvalue weighted by Gasteiger charge is -2.23. The second kappa shape index (κ2) is 7.02. The van der Waals surface area contributed by atoms with E-state index in [-0.39, 0.29) is 5.97 Å². The molecule has 0 N–H and O–H groups in total. The molecule has 0 radical (unpaired) electrons. The number of carbonyl (C=O) groups is 1. The quantitative estimate of drug-likeness (QED) is 0.454. The summed E-state index contributed by atoms with van der Waals surface area (Å²) in [5.41, 5.74) is 1.61. The summed E-state index contributed by atoms with van der Waals surface area (Å²) in [5.74, 6) is 0.0372. The van der Waals surface area contributed by atoms with Gasteiger partial charge in [0.15, 0.2) is 5.54 Å². The third kappa shape index (κ3) is 3.01. The van der Waals surface area contributed by atoms with E-state index >= 15 is 0 Å². The number of esters is 1. The van der Waals surface area contributed by atoms with Gasteiger partial charge < -0.3 is 4.74 Å². The van der Waals surface area contributed by atoms with Gasteiger partial charge in [-0.2, -0.15) is 0 Å². The summed E-state index contributed by atoms with van der Waals surface area (Å²) in [6.45, 7) is 0. The van der Waals surface area contributed by atoms with Crippen LogP contribution in [0.1, 0.15) is 16.7 Å². The third-order valence-corrected chi connectivity index (χ3v) is 5.42. The molecule has 0 unspecified atom stereocenters. The van der Waals surface area contributed by atoms with Gasteiger partial charge in [0.2, 0.25) is 5.90 Å². The number of cyclic esters (lactones) is 1. The first-order valence-electron chi connectivity index (χ1n) is 9.66. The van der Waals surface area contributed by atoms with Gasteiger partial charge in [0, 0.05) is 12.0 Å². The van der Waals surface area contributed by atoms with Crippen molar-refractivity contribution in [3.63, 3.8) is 0 Å². The number of carbonyl (C=O) groups excluding carboxylic acids is 1. The highest BCUT2D eigenvalue weighted by Crippen LogP contribution is 2.38. The highest BCUT2D eigenvalue weighted by atomic mass is 16.6. The first-order valence-corrected chi connectivity index (χ1v) is 9.66. The fourth-order valence-corrected chi connectivity index (χ4v) is 3.95. The Morgan fingerprint density at radius 2 is 1.38 bits per heavy atom. The minimum atomic E-state index is -1.10. The van der Waals surface area contributed by atoms with Crippen LogP contribution < -0.4 is 0 Å². The fourth-order valence-electron chi connectivity index (χ4n) is 3.95. The van der Waals surface area contributed by atoms with Gasteiger partial charge in [-0.25, -0.2) is 9.79 Å². The number of hydrogen-bond acceptors (Lipinski definition) is 3. The van der Waals surface area contributed by atoms with Crippen LogP contribution in [0.3, 0.4) is 0 Å². The first-order chi connectivity index (χ1) is 14.3. The first kappa shape index (κ1) is 17.4. The van der Waals surface area contributed by atoms with E-state index in [9.17, 15) is 4.79 Å². The number of nitrogens with zero attached hydrogens (tertiary/aromatic N) is 1. The number of rotatable bonds is 4. The molecule has 4 aromatic rings. The van der Waals surface area contributed by atoms with Crippen molar-refractivity contribution in [1.82, 2.24) is 0 Å². The Morgan fingerprint density at radius 1 is 0.724 bits per heavy atom. The number of aliphatic imine (C=N–C) groups is 1. The van der Waals surface area contributed by atoms with Gasteiger partial charge in [-0.15, -0.1) is 0 Å². The van der Waals surface area contributed by atoms with Crippen LogP contribution in [0.15, 0.2) is 108 Å². The summed E-state index contributed by atoms with van der Waals surface area (Å²) >= 11 is 0. The van der Waals surface area contributed by atoms with E-state index < -0.39 is 5.54 Å². The van der Waals surface area contributed by atoms with Crippen LogP contribution in [0.25, 0.3) is 10.8 Å². The molecular weight excluding hydrogens is 358 g/mol. The van der Waals surface area contributed by atoms with Gasteiger partial charge in [0.25, 0.3) is 0 Å². The van der Waals surface area contributed by atoms with Crippen molar-refractivity contribution in [3.05, 3.63) is 120 Å². The average Bonchev–Trinajstić information content (AvgIpc) is 3.12. The molecule has 1 atom stereocenters. The van der Waals surface area contributed by atoms with E-state index in [1.807, 2.05) is 78.9 Å². The van der Waals surface area contributed by atoms with E-state index in [1.54, 1.807) is 0 Å². The summed E-state index contributed by atoms with van der Waals surface area (Å²) in [6.07, 6.45) is 0.438. The van der Waals surface area contributed by atoms with Gasteiger partial charge >= 0.3 is 5.97 Å². The van der Waals surface area contributed by atoms with Crippen LogP contribution in [-0.2, 0) is 21.5 Å². The maximum Gasteiger partial charge on any atom is 0.345 e. The van der Waals surface area contributed by atoms with E-state index in [0.29, 0.717) is 12.3 Å². The second-order valence-corrected chi connectivity index (χ2v) is 7.21. The molecule has 0 saturated heterocycles. The second-order valence-electron chi connectivity index (χ2n) is 7.21. The van der Waals surface area contributed by atoms with Crippen LogP contribution in [0, 0.1) is 0 Å². The Morgan fingerprint density at radius 3 is 2.17 bits per heavy atom. The van der Waals surface area contributed by atoms with Crippen molar-refractivity contribution in [1.29, 1.82) is 0 Å².